The number of nitrogens with zero attached hydrogens (tertiary/aromatic N) is 1. The van der Waals surface area contributed by atoms with Crippen molar-refractivity contribution in [2.24, 2.45) is 5.14 Å². The van der Waals surface area contributed by atoms with Gasteiger partial charge in [0.05, 0.1) is 4.90 Å². The molecule has 6 nitrogen and oxygen atoms in total. The number of rotatable bonds is 5. The third-order valence-electron chi connectivity index (χ3n) is 3.69. The molecule has 1 aliphatic heterocycles. The fraction of sp³-hybridized carbons (Fsp3) is 0.571. The van der Waals surface area contributed by atoms with Gasteiger partial charge in [-0.15, -0.1) is 0 Å². The first kappa shape index (κ1) is 16.2. The lowest BCUT2D eigenvalue weighted by Crippen LogP contribution is -2.55. The SMILES string of the molecule is CC1CN(CCOc2ccc(S(N)(=O)=O)cc2)C(C)CN1. The molecule has 21 heavy (non-hydrogen) atoms. The Morgan fingerprint density at radius 2 is 2.00 bits per heavy atom. The number of nitrogens with one attached hydrogen (secondary N) is 1. The highest BCUT2D eigenvalue weighted by Gasteiger charge is 2.21. The van der Waals surface area contributed by atoms with Crippen LogP contribution in [0.4, 0.5) is 0 Å². The molecule has 0 bridgehead atoms. The van der Waals surface area contributed by atoms with Crippen LogP contribution in [-0.2, 0) is 10.0 Å². The van der Waals surface area contributed by atoms with Crippen LogP contribution in [0.3, 0.4) is 0 Å². The van der Waals surface area contributed by atoms with Crippen LogP contribution in [0.15, 0.2) is 29.2 Å². The number of piperazine rings is 1. The van der Waals surface area contributed by atoms with Gasteiger partial charge in [-0.3, -0.25) is 4.90 Å². The molecular weight excluding hydrogens is 290 g/mol. The van der Waals surface area contributed by atoms with E-state index in [2.05, 4.69) is 24.1 Å². The molecule has 0 aliphatic carbocycles. The molecule has 1 heterocycles. The molecule has 2 rings (SSSR count). The number of sulfonamides is 1. The maximum atomic E-state index is 11.2. The Bertz CT molecular complexity index is 559. The largest absolute Gasteiger partial charge is 0.492 e. The van der Waals surface area contributed by atoms with Crippen molar-refractivity contribution in [1.29, 1.82) is 0 Å². The van der Waals surface area contributed by atoms with Gasteiger partial charge in [0.1, 0.15) is 12.4 Å². The molecule has 1 aromatic rings. The average Bonchev–Trinajstić information content (AvgIpc) is 2.42. The van der Waals surface area contributed by atoms with E-state index >= 15 is 0 Å². The van der Waals surface area contributed by atoms with Crippen LogP contribution in [0.5, 0.6) is 5.75 Å². The monoisotopic (exact) mass is 313 g/mol. The molecule has 2 unspecified atom stereocenters. The van der Waals surface area contributed by atoms with E-state index in [1.165, 1.54) is 12.1 Å². The summed E-state index contributed by atoms with van der Waals surface area (Å²) in [5, 5.41) is 8.49. The molecule has 0 radical (unpaired) electrons. The summed E-state index contributed by atoms with van der Waals surface area (Å²) < 4.78 is 28.0. The normalized spacial score (nSPS) is 24.0. The second-order valence-corrected chi connectivity index (χ2v) is 7.08. The van der Waals surface area contributed by atoms with Gasteiger partial charge in [-0.25, -0.2) is 13.6 Å². The molecule has 0 amide bonds. The van der Waals surface area contributed by atoms with Crippen LogP contribution in [-0.4, -0.2) is 51.6 Å². The Morgan fingerprint density at radius 1 is 1.33 bits per heavy atom. The van der Waals surface area contributed by atoms with E-state index in [-0.39, 0.29) is 4.90 Å². The lowest BCUT2D eigenvalue weighted by molar-refractivity contribution is 0.123. The van der Waals surface area contributed by atoms with Gasteiger partial charge in [-0.2, -0.15) is 0 Å². The number of hydrogen-bond acceptors (Lipinski definition) is 5. The van der Waals surface area contributed by atoms with Gasteiger partial charge >= 0.3 is 0 Å². The fourth-order valence-electron chi connectivity index (χ4n) is 2.42. The number of primary sulfonamides is 1. The Balaban J connectivity index is 1.83. The Hall–Kier alpha value is -1.15. The number of benzene rings is 1. The van der Waals surface area contributed by atoms with E-state index in [1.54, 1.807) is 12.1 Å². The molecule has 7 heteroatoms. The van der Waals surface area contributed by atoms with Gasteiger partial charge in [0.15, 0.2) is 0 Å². The Morgan fingerprint density at radius 3 is 2.62 bits per heavy atom. The summed E-state index contributed by atoms with van der Waals surface area (Å²) in [4.78, 5) is 2.49. The van der Waals surface area contributed by atoms with E-state index < -0.39 is 10.0 Å². The lowest BCUT2D eigenvalue weighted by Gasteiger charge is -2.37. The van der Waals surface area contributed by atoms with E-state index in [9.17, 15) is 8.42 Å². The van der Waals surface area contributed by atoms with E-state index in [4.69, 9.17) is 9.88 Å². The molecule has 2 atom stereocenters. The van der Waals surface area contributed by atoms with Crippen molar-refractivity contribution in [2.45, 2.75) is 30.8 Å². The van der Waals surface area contributed by atoms with Crippen LogP contribution in [0.25, 0.3) is 0 Å². The van der Waals surface area contributed by atoms with E-state index in [0.717, 1.165) is 19.6 Å². The lowest BCUT2D eigenvalue weighted by atomic mass is 10.1. The quantitative estimate of drug-likeness (QED) is 0.822. The van der Waals surface area contributed by atoms with E-state index in [1.807, 2.05) is 0 Å². The van der Waals surface area contributed by atoms with Crippen molar-refractivity contribution >= 4 is 10.0 Å². The zero-order valence-electron chi connectivity index (χ0n) is 12.5. The van der Waals surface area contributed by atoms with Crippen molar-refractivity contribution in [3.8, 4) is 5.75 Å². The molecule has 1 aliphatic rings. The van der Waals surface area contributed by atoms with Crippen molar-refractivity contribution in [3.05, 3.63) is 24.3 Å². The van der Waals surface area contributed by atoms with Crippen LogP contribution >= 0.6 is 0 Å². The van der Waals surface area contributed by atoms with Crippen LogP contribution < -0.4 is 15.2 Å². The molecule has 1 saturated heterocycles. The summed E-state index contributed by atoms with van der Waals surface area (Å²) in [6.45, 7) is 7.79. The molecule has 1 aromatic carbocycles. The highest BCUT2D eigenvalue weighted by molar-refractivity contribution is 7.89. The van der Waals surface area contributed by atoms with Crippen LogP contribution in [0, 0.1) is 0 Å². The first-order valence-electron chi connectivity index (χ1n) is 7.09. The minimum Gasteiger partial charge on any atom is -0.492 e. The molecular formula is C14H23N3O3S. The summed E-state index contributed by atoms with van der Waals surface area (Å²) in [6.07, 6.45) is 0. The second-order valence-electron chi connectivity index (χ2n) is 5.52. The van der Waals surface area contributed by atoms with Gasteiger partial charge in [-0.1, -0.05) is 0 Å². The molecule has 0 spiro atoms. The van der Waals surface area contributed by atoms with Crippen molar-refractivity contribution < 1.29 is 13.2 Å². The minimum absolute atomic E-state index is 0.0967. The predicted molar refractivity (Wildman–Crippen MR) is 81.8 cm³/mol. The highest BCUT2D eigenvalue weighted by Crippen LogP contribution is 2.15. The van der Waals surface area contributed by atoms with Gasteiger partial charge in [0.25, 0.3) is 0 Å². The van der Waals surface area contributed by atoms with Gasteiger partial charge in [0.2, 0.25) is 10.0 Å². The summed E-state index contributed by atoms with van der Waals surface area (Å²) in [5.41, 5.74) is 0. The summed E-state index contributed by atoms with van der Waals surface area (Å²) in [6, 6.07) is 7.16. The maximum absolute atomic E-state index is 11.2. The topological polar surface area (TPSA) is 84.7 Å². The van der Waals surface area contributed by atoms with Gasteiger partial charge in [0, 0.05) is 31.7 Å². The van der Waals surface area contributed by atoms with Crippen molar-refractivity contribution in [2.75, 3.05) is 26.2 Å². The molecule has 3 N–H and O–H groups in total. The first-order valence-corrected chi connectivity index (χ1v) is 8.64. The number of nitrogens with two attached hydrogens (primary N) is 1. The Labute approximate surface area is 126 Å². The molecule has 118 valence electrons. The third kappa shape index (κ3) is 4.67. The van der Waals surface area contributed by atoms with E-state index in [0.29, 0.717) is 24.4 Å². The predicted octanol–water partition coefficient (Wildman–Crippen LogP) is 0.395. The van der Waals surface area contributed by atoms with Crippen LogP contribution in [0.1, 0.15) is 13.8 Å². The third-order valence-corrected chi connectivity index (χ3v) is 4.62. The number of hydrogen-bond donors (Lipinski definition) is 2. The standard InChI is InChI=1S/C14H23N3O3S/c1-11-10-17(12(2)9-16-11)7-8-20-13-3-5-14(6-4-13)21(15,18)19/h3-6,11-12,16H,7-10H2,1-2H3,(H2,15,18,19). The highest BCUT2D eigenvalue weighted by atomic mass is 32.2. The maximum Gasteiger partial charge on any atom is 0.238 e. The average molecular weight is 313 g/mol. The van der Waals surface area contributed by atoms with Crippen molar-refractivity contribution in [1.82, 2.24) is 10.2 Å². The van der Waals surface area contributed by atoms with Gasteiger partial charge in [-0.05, 0) is 38.1 Å². The molecule has 0 aromatic heterocycles. The molecule has 0 saturated carbocycles. The Kier molecular flexibility index (Phi) is 5.21. The number of ether oxygens (including phenoxy) is 1. The van der Waals surface area contributed by atoms with Gasteiger partial charge < -0.3 is 10.1 Å². The first-order chi connectivity index (χ1) is 9.86. The zero-order valence-corrected chi connectivity index (χ0v) is 13.3. The summed E-state index contributed by atoms with van der Waals surface area (Å²) in [7, 11) is -3.64. The summed E-state index contributed by atoms with van der Waals surface area (Å²) in [5.74, 6) is 0.651. The fourth-order valence-corrected chi connectivity index (χ4v) is 2.93. The summed E-state index contributed by atoms with van der Waals surface area (Å²) >= 11 is 0. The molecule has 1 fully saturated rings. The zero-order chi connectivity index (χ0) is 15.5. The second kappa shape index (κ2) is 6.74. The smallest absolute Gasteiger partial charge is 0.238 e. The van der Waals surface area contributed by atoms with Crippen LogP contribution in [0.2, 0.25) is 0 Å². The van der Waals surface area contributed by atoms with Crippen molar-refractivity contribution in [3.63, 3.8) is 0 Å². The minimum atomic E-state index is -3.64.